The zero-order valence-corrected chi connectivity index (χ0v) is 18.4. The molecule has 0 saturated heterocycles. The molecule has 0 spiro atoms. The minimum atomic E-state index is -0.375. The number of anilines is 1. The molecule has 1 amide bonds. The van der Waals surface area contributed by atoms with Crippen LogP contribution in [0.2, 0.25) is 10.0 Å². The number of halogens is 3. The predicted octanol–water partition coefficient (Wildman–Crippen LogP) is 6.21. The van der Waals surface area contributed by atoms with Crippen molar-refractivity contribution in [1.29, 1.82) is 0 Å². The SMILES string of the molecule is COc1cc(C(=O)Nc2ccccc2Oc2ncc(Cl)cc2Cl)cc(OC)c1Br. The first-order chi connectivity index (χ1) is 13.9. The maximum Gasteiger partial charge on any atom is 0.256 e. The number of aromatic nitrogens is 1. The molecule has 0 bridgehead atoms. The van der Waals surface area contributed by atoms with Gasteiger partial charge >= 0.3 is 0 Å². The van der Waals surface area contributed by atoms with Crippen LogP contribution < -0.4 is 19.5 Å². The largest absolute Gasteiger partial charge is 0.495 e. The lowest BCUT2D eigenvalue weighted by Crippen LogP contribution is -2.13. The van der Waals surface area contributed by atoms with Crippen LogP contribution in [-0.4, -0.2) is 25.1 Å². The van der Waals surface area contributed by atoms with Crippen LogP contribution in [-0.2, 0) is 0 Å². The first-order valence-electron chi connectivity index (χ1n) is 8.23. The van der Waals surface area contributed by atoms with Crippen molar-refractivity contribution in [2.24, 2.45) is 0 Å². The summed E-state index contributed by atoms with van der Waals surface area (Å²) in [7, 11) is 3.01. The smallest absolute Gasteiger partial charge is 0.256 e. The first kappa shape index (κ1) is 21.2. The molecule has 1 N–H and O–H groups in total. The molecule has 150 valence electrons. The molecule has 0 fully saturated rings. The molecule has 3 rings (SSSR count). The van der Waals surface area contributed by atoms with Crippen LogP contribution in [0, 0.1) is 0 Å². The summed E-state index contributed by atoms with van der Waals surface area (Å²) in [5.41, 5.74) is 0.783. The number of para-hydroxylation sites is 2. The van der Waals surface area contributed by atoms with Gasteiger partial charge in [0.05, 0.1) is 24.9 Å². The van der Waals surface area contributed by atoms with E-state index in [1.54, 1.807) is 36.4 Å². The summed E-state index contributed by atoms with van der Waals surface area (Å²) >= 11 is 15.4. The molecule has 29 heavy (non-hydrogen) atoms. The third-order valence-corrected chi connectivity index (χ3v) is 5.08. The maximum atomic E-state index is 12.8. The van der Waals surface area contributed by atoms with E-state index in [0.717, 1.165) is 0 Å². The number of pyridine rings is 1. The maximum absolute atomic E-state index is 12.8. The number of benzene rings is 2. The second-order valence-corrected chi connectivity index (χ2v) is 7.32. The van der Waals surface area contributed by atoms with Gasteiger partial charge in [-0.1, -0.05) is 35.3 Å². The normalized spacial score (nSPS) is 10.4. The van der Waals surface area contributed by atoms with Crippen LogP contribution in [0.25, 0.3) is 0 Å². The monoisotopic (exact) mass is 496 g/mol. The number of nitrogens with one attached hydrogen (secondary N) is 1. The molecule has 0 aliphatic rings. The molecule has 0 atom stereocenters. The number of hydrogen-bond donors (Lipinski definition) is 1. The molecule has 2 aromatic carbocycles. The van der Waals surface area contributed by atoms with Crippen molar-refractivity contribution >= 4 is 50.7 Å². The highest BCUT2D eigenvalue weighted by Gasteiger charge is 2.17. The lowest BCUT2D eigenvalue weighted by molar-refractivity contribution is 0.102. The standard InChI is InChI=1S/C20H15BrCl2N2O4/c1-27-16-7-11(8-17(28-2)18(16)21)19(26)25-14-5-3-4-6-15(14)29-20-13(23)9-12(22)10-24-20/h3-10H,1-2H3,(H,25,26). The summed E-state index contributed by atoms with van der Waals surface area (Å²) in [5.74, 6) is 1.10. The Morgan fingerprint density at radius 3 is 2.31 bits per heavy atom. The summed E-state index contributed by atoms with van der Waals surface area (Å²) in [6, 6.07) is 11.6. The predicted molar refractivity (Wildman–Crippen MR) is 116 cm³/mol. The van der Waals surface area contributed by atoms with Gasteiger partial charge in [0.15, 0.2) is 5.75 Å². The summed E-state index contributed by atoms with van der Waals surface area (Å²) in [6.45, 7) is 0. The Morgan fingerprint density at radius 2 is 1.69 bits per heavy atom. The van der Waals surface area contributed by atoms with Gasteiger partial charge in [0.2, 0.25) is 5.88 Å². The van der Waals surface area contributed by atoms with E-state index in [4.69, 9.17) is 37.4 Å². The Balaban J connectivity index is 1.88. The van der Waals surface area contributed by atoms with E-state index >= 15 is 0 Å². The lowest BCUT2D eigenvalue weighted by atomic mass is 10.1. The van der Waals surface area contributed by atoms with Gasteiger partial charge in [-0.3, -0.25) is 4.79 Å². The molecule has 0 aliphatic carbocycles. The molecule has 0 saturated carbocycles. The Hall–Kier alpha value is -2.48. The molecular weight excluding hydrogens is 483 g/mol. The van der Waals surface area contributed by atoms with E-state index in [-0.39, 0.29) is 16.8 Å². The van der Waals surface area contributed by atoms with E-state index in [9.17, 15) is 4.79 Å². The van der Waals surface area contributed by atoms with Gasteiger partial charge in [-0.25, -0.2) is 4.98 Å². The number of methoxy groups -OCH3 is 2. The number of carbonyl (C=O) groups is 1. The summed E-state index contributed by atoms with van der Waals surface area (Å²) < 4.78 is 17.0. The number of carbonyl (C=O) groups excluding carboxylic acids is 1. The van der Waals surface area contributed by atoms with Crippen molar-refractivity contribution in [3.63, 3.8) is 0 Å². The van der Waals surface area contributed by atoms with Gasteiger partial charge < -0.3 is 19.5 Å². The Bertz CT molecular complexity index is 1040. The zero-order valence-electron chi connectivity index (χ0n) is 15.3. The molecular formula is C20H15BrCl2N2O4. The molecule has 9 heteroatoms. The number of ether oxygens (including phenoxy) is 3. The van der Waals surface area contributed by atoms with E-state index in [1.165, 1.54) is 26.5 Å². The van der Waals surface area contributed by atoms with Gasteiger partial charge in [-0.2, -0.15) is 0 Å². The molecule has 1 aromatic heterocycles. The highest BCUT2D eigenvalue weighted by Crippen LogP contribution is 2.37. The average molecular weight is 498 g/mol. The van der Waals surface area contributed by atoms with E-state index in [0.29, 0.717) is 38.0 Å². The van der Waals surface area contributed by atoms with Crippen LogP contribution in [0.5, 0.6) is 23.1 Å². The molecule has 0 radical (unpaired) electrons. The van der Waals surface area contributed by atoms with Crippen LogP contribution in [0.1, 0.15) is 10.4 Å². The van der Waals surface area contributed by atoms with Gasteiger partial charge in [0.25, 0.3) is 5.91 Å². The quantitative estimate of drug-likeness (QED) is 0.438. The fourth-order valence-electron chi connectivity index (χ4n) is 2.44. The second-order valence-electron chi connectivity index (χ2n) is 5.69. The fraction of sp³-hybridized carbons (Fsp3) is 0.100. The minimum Gasteiger partial charge on any atom is -0.495 e. The Labute approximate surface area is 185 Å². The lowest BCUT2D eigenvalue weighted by Gasteiger charge is -2.14. The van der Waals surface area contributed by atoms with Crippen molar-refractivity contribution in [2.45, 2.75) is 0 Å². The third kappa shape index (κ3) is 4.93. The summed E-state index contributed by atoms with van der Waals surface area (Å²) in [4.78, 5) is 16.9. The Morgan fingerprint density at radius 1 is 1.03 bits per heavy atom. The van der Waals surface area contributed by atoms with E-state index in [2.05, 4.69) is 26.2 Å². The fourth-order valence-corrected chi connectivity index (χ4v) is 3.41. The highest BCUT2D eigenvalue weighted by molar-refractivity contribution is 9.10. The third-order valence-electron chi connectivity index (χ3n) is 3.82. The van der Waals surface area contributed by atoms with Crippen molar-refractivity contribution < 1.29 is 19.0 Å². The van der Waals surface area contributed by atoms with Gasteiger partial charge in [-0.05, 0) is 46.3 Å². The molecule has 0 aliphatic heterocycles. The van der Waals surface area contributed by atoms with Crippen molar-refractivity contribution in [2.75, 3.05) is 19.5 Å². The molecule has 3 aromatic rings. The molecule has 1 heterocycles. The molecule has 0 unspecified atom stereocenters. The van der Waals surface area contributed by atoms with Crippen molar-refractivity contribution in [1.82, 2.24) is 4.98 Å². The van der Waals surface area contributed by atoms with Crippen LogP contribution in [0.3, 0.4) is 0 Å². The zero-order chi connectivity index (χ0) is 21.0. The van der Waals surface area contributed by atoms with Gasteiger partial charge in [0, 0.05) is 11.8 Å². The van der Waals surface area contributed by atoms with Crippen molar-refractivity contribution in [3.05, 3.63) is 68.7 Å². The minimum absolute atomic E-state index is 0.171. The molecule has 6 nitrogen and oxygen atoms in total. The van der Waals surface area contributed by atoms with E-state index < -0.39 is 0 Å². The summed E-state index contributed by atoms with van der Waals surface area (Å²) in [5, 5.41) is 3.45. The first-order valence-corrected chi connectivity index (χ1v) is 9.78. The van der Waals surface area contributed by atoms with E-state index in [1.807, 2.05) is 0 Å². The van der Waals surface area contributed by atoms with Gasteiger partial charge in [0.1, 0.15) is 21.0 Å². The second kappa shape index (κ2) is 9.35. The summed E-state index contributed by atoms with van der Waals surface area (Å²) in [6.07, 6.45) is 1.42. The topological polar surface area (TPSA) is 69.7 Å². The van der Waals surface area contributed by atoms with Crippen molar-refractivity contribution in [3.8, 4) is 23.1 Å². The number of amides is 1. The number of rotatable bonds is 6. The average Bonchev–Trinajstić information content (AvgIpc) is 2.71. The Kier molecular flexibility index (Phi) is 6.84. The van der Waals surface area contributed by atoms with Crippen LogP contribution in [0.4, 0.5) is 5.69 Å². The number of nitrogens with zero attached hydrogens (tertiary/aromatic N) is 1. The van der Waals surface area contributed by atoms with Crippen LogP contribution >= 0.6 is 39.1 Å². The highest BCUT2D eigenvalue weighted by atomic mass is 79.9. The number of hydrogen-bond acceptors (Lipinski definition) is 5. The van der Waals surface area contributed by atoms with Crippen LogP contribution in [0.15, 0.2) is 53.1 Å². The van der Waals surface area contributed by atoms with Gasteiger partial charge in [-0.15, -0.1) is 0 Å².